The Morgan fingerprint density at radius 1 is 1.22 bits per heavy atom. The van der Waals surface area contributed by atoms with Gasteiger partial charge in [-0.15, -0.1) is 0 Å². The number of rotatable bonds is 5. The third-order valence-electron chi connectivity index (χ3n) is 4.56. The lowest BCUT2D eigenvalue weighted by Crippen LogP contribution is -2.31. The second-order valence-corrected chi connectivity index (χ2v) is 6.01. The van der Waals surface area contributed by atoms with Crippen molar-refractivity contribution < 1.29 is 4.42 Å². The second kappa shape index (κ2) is 6.42. The lowest BCUT2D eigenvalue weighted by molar-refractivity contribution is 0.189. The van der Waals surface area contributed by atoms with Gasteiger partial charge in [0.05, 0.1) is 12.5 Å². The van der Waals surface area contributed by atoms with Crippen molar-refractivity contribution in [2.75, 3.05) is 6.54 Å². The molecule has 2 nitrogen and oxygen atoms in total. The first kappa shape index (κ1) is 13.7. The highest BCUT2D eigenvalue weighted by atomic mass is 16.3. The third-order valence-corrected chi connectivity index (χ3v) is 4.56. The van der Waals surface area contributed by atoms with E-state index in [-0.39, 0.29) is 0 Å². The van der Waals surface area contributed by atoms with Gasteiger partial charge in [0.2, 0.25) is 0 Å². The summed E-state index contributed by atoms with van der Waals surface area (Å²) in [4.78, 5) is 0. The average molecular weight is 249 g/mol. The molecule has 0 amide bonds. The van der Waals surface area contributed by atoms with Crippen LogP contribution in [-0.2, 0) is 0 Å². The first-order valence-electron chi connectivity index (χ1n) is 7.47. The summed E-state index contributed by atoms with van der Waals surface area (Å²) in [5.41, 5.74) is 1.32. The van der Waals surface area contributed by atoms with Gasteiger partial charge in [-0.1, -0.05) is 20.8 Å². The molecule has 1 aromatic heterocycles. The van der Waals surface area contributed by atoms with Gasteiger partial charge in [0.15, 0.2) is 0 Å². The summed E-state index contributed by atoms with van der Waals surface area (Å²) in [7, 11) is 0. The first-order valence-corrected chi connectivity index (χ1v) is 7.47. The Morgan fingerprint density at radius 2 is 1.89 bits per heavy atom. The fourth-order valence-corrected chi connectivity index (χ4v) is 3.37. The SMILES string of the molecule is CCNC(c1ccoc1)C1CCC(C(C)C)CC1. The zero-order chi connectivity index (χ0) is 13.0. The molecule has 0 saturated heterocycles. The van der Waals surface area contributed by atoms with Crippen molar-refractivity contribution in [1.29, 1.82) is 0 Å². The zero-order valence-electron chi connectivity index (χ0n) is 12.0. The van der Waals surface area contributed by atoms with Crippen molar-refractivity contribution in [2.24, 2.45) is 17.8 Å². The van der Waals surface area contributed by atoms with Crippen LogP contribution in [0.25, 0.3) is 0 Å². The maximum atomic E-state index is 5.25. The van der Waals surface area contributed by atoms with Crippen molar-refractivity contribution in [2.45, 2.75) is 52.5 Å². The summed E-state index contributed by atoms with van der Waals surface area (Å²) in [6, 6.07) is 2.60. The molecular weight excluding hydrogens is 222 g/mol. The van der Waals surface area contributed by atoms with Gasteiger partial charge in [-0.3, -0.25) is 0 Å². The molecule has 1 saturated carbocycles. The molecule has 0 spiro atoms. The Labute approximate surface area is 111 Å². The van der Waals surface area contributed by atoms with Crippen LogP contribution in [0, 0.1) is 17.8 Å². The highest BCUT2D eigenvalue weighted by Crippen LogP contribution is 2.39. The summed E-state index contributed by atoms with van der Waals surface area (Å²) in [6.45, 7) is 7.94. The topological polar surface area (TPSA) is 25.2 Å². The van der Waals surface area contributed by atoms with E-state index >= 15 is 0 Å². The highest BCUT2D eigenvalue weighted by molar-refractivity contribution is 5.13. The van der Waals surface area contributed by atoms with E-state index in [4.69, 9.17) is 4.42 Å². The average Bonchev–Trinajstić information content (AvgIpc) is 2.90. The van der Waals surface area contributed by atoms with Crippen LogP contribution in [0.3, 0.4) is 0 Å². The van der Waals surface area contributed by atoms with Crippen LogP contribution >= 0.6 is 0 Å². The van der Waals surface area contributed by atoms with Gasteiger partial charge in [0.1, 0.15) is 0 Å². The molecule has 2 rings (SSSR count). The smallest absolute Gasteiger partial charge is 0.0950 e. The minimum Gasteiger partial charge on any atom is -0.472 e. The van der Waals surface area contributed by atoms with Gasteiger partial charge < -0.3 is 9.73 Å². The Bertz CT molecular complexity index is 323. The van der Waals surface area contributed by atoms with Crippen molar-refractivity contribution in [1.82, 2.24) is 5.32 Å². The number of furan rings is 1. The van der Waals surface area contributed by atoms with E-state index < -0.39 is 0 Å². The Morgan fingerprint density at radius 3 is 2.39 bits per heavy atom. The van der Waals surface area contributed by atoms with Gasteiger partial charge in [0, 0.05) is 11.6 Å². The van der Waals surface area contributed by atoms with Crippen molar-refractivity contribution in [3.63, 3.8) is 0 Å². The van der Waals surface area contributed by atoms with E-state index in [1.54, 1.807) is 6.26 Å². The van der Waals surface area contributed by atoms with Crippen LogP contribution in [0.4, 0.5) is 0 Å². The molecule has 0 aliphatic heterocycles. The van der Waals surface area contributed by atoms with Gasteiger partial charge in [0.25, 0.3) is 0 Å². The molecular formula is C16H27NO. The normalized spacial score (nSPS) is 26.4. The maximum absolute atomic E-state index is 5.25. The summed E-state index contributed by atoms with van der Waals surface area (Å²) < 4.78 is 5.25. The molecule has 0 bridgehead atoms. The van der Waals surface area contributed by atoms with Crippen LogP contribution in [0.2, 0.25) is 0 Å². The van der Waals surface area contributed by atoms with E-state index in [0.717, 1.165) is 24.3 Å². The molecule has 1 aromatic rings. The van der Waals surface area contributed by atoms with Crippen LogP contribution in [-0.4, -0.2) is 6.54 Å². The number of hydrogen-bond acceptors (Lipinski definition) is 2. The van der Waals surface area contributed by atoms with Gasteiger partial charge in [-0.05, 0) is 56.0 Å². The molecule has 1 aliphatic rings. The predicted octanol–water partition coefficient (Wildman–Crippen LogP) is 4.39. The minimum absolute atomic E-state index is 0.488. The minimum atomic E-state index is 0.488. The third kappa shape index (κ3) is 3.17. The Kier molecular flexibility index (Phi) is 4.87. The summed E-state index contributed by atoms with van der Waals surface area (Å²) in [5, 5.41) is 3.64. The van der Waals surface area contributed by atoms with E-state index in [1.807, 2.05) is 6.26 Å². The lowest BCUT2D eigenvalue weighted by Gasteiger charge is -2.35. The molecule has 0 radical (unpaired) electrons. The van der Waals surface area contributed by atoms with Crippen molar-refractivity contribution >= 4 is 0 Å². The van der Waals surface area contributed by atoms with E-state index in [0.29, 0.717) is 6.04 Å². The molecule has 2 heteroatoms. The van der Waals surface area contributed by atoms with Crippen molar-refractivity contribution in [3.05, 3.63) is 24.2 Å². The standard InChI is InChI=1S/C16H27NO/c1-4-17-16(15-9-10-18-11-15)14-7-5-13(6-8-14)12(2)3/h9-14,16-17H,4-8H2,1-3H3. The van der Waals surface area contributed by atoms with E-state index in [2.05, 4.69) is 32.2 Å². The molecule has 18 heavy (non-hydrogen) atoms. The summed E-state index contributed by atoms with van der Waals surface area (Å²) in [5.74, 6) is 2.56. The molecule has 1 fully saturated rings. The first-order chi connectivity index (χ1) is 8.72. The highest BCUT2D eigenvalue weighted by Gasteiger charge is 2.29. The van der Waals surface area contributed by atoms with Crippen LogP contribution < -0.4 is 5.32 Å². The van der Waals surface area contributed by atoms with E-state index in [1.165, 1.54) is 31.2 Å². The monoisotopic (exact) mass is 249 g/mol. The molecule has 1 unspecified atom stereocenters. The van der Waals surface area contributed by atoms with Crippen LogP contribution in [0.1, 0.15) is 58.1 Å². The number of nitrogens with one attached hydrogen (secondary N) is 1. The molecule has 0 aromatic carbocycles. The van der Waals surface area contributed by atoms with E-state index in [9.17, 15) is 0 Å². The molecule has 1 aliphatic carbocycles. The Hall–Kier alpha value is -0.760. The maximum Gasteiger partial charge on any atom is 0.0950 e. The fraction of sp³-hybridized carbons (Fsp3) is 0.750. The van der Waals surface area contributed by atoms with Gasteiger partial charge >= 0.3 is 0 Å². The zero-order valence-corrected chi connectivity index (χ0v) is 12.0. The van der Waals surface area contributed by atoms with Gasteiger partial charge in [-0.2, -0.15) is 0 Å². The van der Waals surface area contributed by atoms with Crippen LogP contribution in [0.5, 0.6) is 0 Å². The van der Waals surface area contributed by atoms with Crippen molar-refractivity contribution in [3.8, 4) is 0 Å². The fourth-order valence-electron chi connectivity index (χ4n) is 3.37. The second-order valence-electron chi connectivity index (χ2n) is 6.01. The molecule has 1 atom stereocenters. The molecule has 1 N–H and O–H groups in total. The quantitative estimate of drug-likeness (QED) is 0.837. The predicted molar refractivity (Wildman–Crippen MR) is 75.4 cm³/mol. The van der Waals surface area contributed by atoms with Gasteiger partial charge in [-0.25, -0.2) is 0 Å². The lowest BCUT2D eigenvalue weighted by atomic mass is 9.73. The molecule has 1 heterocycles. The molecule has 102 valence electrons. The van der Waals surface area contributed by atoms with Crippen LogP contribution in [0.15, 0.2) is 23.0 Å². The Balaban J connectivity index is 1.97. The summed E-state index contributed by atoms with van der Waals surface area (Å²) >= 11 is 0. The summed E-state index contributed by atoms with van der Waals surface area (Å²) in [6.07, 6.45) is 9.18. The largest absolute Gasteiger partial charge is 0.472 e. The number of hydrogen-bond donors (Lipinski definition) is 1.